The van der Waals surface area contributed by atoms with E-state index in [0.29, 0.717) is 52.1 Å². The Kier molecular flexibility index (Phi) is 4.21. The third kappa shape index (κ3) is 3.93. The lowest BCUT2D eigenvalue weighted by atomic mass is 9.82. The number of rotatable bonds is 6. The fraction of sp³-hybridized carbons (Fsp3) is 0.857. The zero-order valence-corrected chi connectivity index (χ0v) is 11.4. The van der Waals surface area contributed by atoms with E-state index < -0.39 is 0 Å². The van der Waals surface area contributed by atoms with Gasteiger partial charge in [-0.1, -0.05) is 0 Å². The van der Waals surface area contributed by atoms with Gasteiger partial charge in [-0.25, -0.2) is 0 Å². The molecule has 2 aliphatic heterocycles. The minimum Gasteiger partial charge on any atom is -0.463 e. The van der Waals surface area contributed by atoms with Crippen molar-refractivity contribution in [2.45, 2.75) is 37.9 Å². The van der Waals surface area contributed by atoms with Gasteiger partial charge in [0.15, 0.2) is 0 Å². The fourth-order valence-corrected chi connectivity index (χ4v) is 2.48. The summed E-state index contributed by atoms with van der Waals surface area (Å²) >= 11 is 0. The molecular weight excluding hydrogens is 264 g/mol. The summed E-state index contributed by atoms with van der Waals surface area (Å²) in [5.74, 6) is -0.466. The molecule has 6 heteroatoms. The molecule has 3 fully saturated rings. The Bertz CT molecular complexity index is 330. The predicted molar refractivity (Wildman–Crippen MR) is 66.8 cm³/mol. The van der Waals surface area contributed by atoms with E-state index in [1.165, 1.54) is 0 Å². The van der Waals surface area contributed by atoms with E-state index in [-0.39, 0.29) is 36.0 Å². The van der Waals surface area contributed by atoms with Gasteiger partial charge in [-0.05, 0) is 25.7 Å². The van der Waals surface area contributed by atoms with Crippen molar-refractivity contribution < 1.29 is 28.5 Å². The summed E-state index contributed by atoms with van der Waals surface area (Å²) in [4.78, 5) is 23.6. The van der Waals surface area contributed by atoms with E-state index in [1.807, 2.05) is 0 Å². The highest BCUT2D eigenvalue weighted by Crippen LogP contribution is 2.31. The van der Waals surface area contributed by atoms with Crippen LogP contribution in [0.1, 0.15) is 25.7 Å². The van der Waals surface area contributed by atoms with Gasteiger partial charge < -0.3 is 18.9 Å². The van der Waals surface area contributed by atoms with E-state index in [0.717, 1.165) is 0 Å². The molecular formula is C14H20O6. The summed E-state index contributed by atoms with van der Waals surface area (Å²) in [6.07, 6.45) is 3.01. The van der Waals surface area contributed by atoms with Crippen LogP contribution in [0.15, 0.2) is 0 Å². The number of carbonyl (C=O) groups is 2. The Morgan fingerprint density at radius 2 is 1.15 bits per heavy atom. The molecule has 2 heterocycles. The largest absolute Gasteiger partial charge is 0.463 e. The minimum absolute atomic E-state index is 0.0791. The Morgan fingerprint density at radius 3 is 1.45 bits per heavy atom. The molecule has 0 spiro atoms. The summed E-state index contributed by atoms with van der Waals surface area (Å²) in [7, 11) is 0. The molecule has 2 unspecified atom stereocenters. The van der Waals surface area contributed by atoms with E-state index in [2.05, 4.69) is 0 Å². The lowest BCUT2D eigenvalue weighted by Gasteiger charge is -2.25. The fourth-order valence-electron chi connectivity index (χ4n) is 2.48. The van der Waals surface area contributed by atoms with Gasteiger partial charge in [0, 0.05) is 0 Å². The zero-order chi connectivity index (χ0) is 13.9. The van der Waals surface area contributed by atoms with E-state index >= 15 is 0 Å². The lowest BCUT2D eigenvalue weighted by Crippen LogP contribution is -2.29. The van der Waals surface area contributed by atoms with Gasteiger partial charge in [0.2, 0.25) is 0 Å². The first-order valence-electron chi connectivity index (χ1n) is 7.29. The third-order valence-electron chi connectivity index (χ3n) is 4.02. The van der Waals surface area contributed by atoms with Gasteiger partial charge in [-0.2, -0.15) is 0 Å². The molecule has 0 aromatic rings. The molecule has 2 atom stereocenters. The molecule has 0 bridgehead atoms. The van der Waals surface area contributed by atoms with E-state index in [4.69, 9.17) is 18.9 Å². The second kappa shape index (κ2) is 6.10. The number of esters is 2. The number of hydrogen-bond acceptors (Lipinski definition) is 6. The van der Waals surface area contributed by atoms with Crippen molar-refractivity contribution in [2.24, 2.45) is 11.8 Å². The van der Waals surface area contributed by atoms with Gasteiger partial charge in [-0.15, -0.1) is 0 Å². The molecule has 6 nitrogen and oxygen atoms in total. The first kappa shape index (κ1) is 13.8. The van der Waals surface area contributed by atoms with E-state index in [9.17, 15) is 9.59 Å². The van der Waals surface area contributed by atoms with Gasteiger partial charge >= 0.3 is 11.9 Å². The second-order valence-electron chi connectivity index (χ2n) is 5.72. The van der Waals surface area contributed by atoms with Gasteiger partial charge in [0.05, 0.1) is 25.0 Å². The zero-order valence-electron chi connectivity index (χ0n) is 11.4. The van der Waals surface area contributed by atoms with Gasteiger partial charge in [0.1, 0.15) is 25.4 Å². The van der Waals surface area contributed by atoms with Crippen molar-refractivity contribution in [1.82, 2.24) is 0 Å². The third-order valence-corrected chi connectivity index (χ3v) is 4.02. The normalized spacial score (nSPS) is 35.2. The molecule has 0 amide bonds. The van der Waals surface area contributed by atoms with Crippen LogP contribution < -0.4 is 0 Å². The topological polar surface area (TPSA) is 77.7 Å². The maximum Gasteiger partial charge on any atom is 0.309 e. The molecule has 3 aliphatic rings. The van der Waals surface area contributed by atoms with Crippen molar-refractivity contribution in [2.75, 3.05) is 26.4 Å². The van der Waals surface area contributed by atoms with E-state index in [1.54, 1.807) is 0 Å². The Balaban J connectivity index is 1.34. The molecule has 1 saturated carbocycles. The maximum atomic E-state index is 11.8. The molecule has 0 N–H and O–H groups in total. The smallest absolute Gasteiger partial charge is 0.309 e. The van der Waals surface area contributed by atoms with Crippen LogP contribution in [0.3, 0.4) is 0 Å². The van der Waals surface area contributed by atoms with Crippen molar-refractivity contribution in [3.63, 3.8) is 0 Å². The molecule has 0 aromatic carbocycles. The van der Waals surface area contributed by atoms with Gasteiger partial charge in [0.25, 0.3) is 0 Å². The highest BCUT2D eigenvalue weighted by atomic mass is 16.6. The quantitative estimate of drug-likeness (QED) is 0.527. The van der Waals surface area contributed by atoms with Crippen molar-refractivity contribution in [3.05, 3.63) is 0 Å². The first-order valence-corrected chi connectivity index (χ1v) is 7.29. The first-order chi connectivity index (χ1) is 9.72. The summed E-state index contributed by atoms with van der Waals surface area (Å²) in [6.45, 7) is 2.11. The maximum absolute atomic E-state index is 11.8. The molecule has 2 saturated heterocycles. The average molecular weight is 284 g/mol. The highest BCUT2D eigenvalue weighted by Gasteiger charge is 2.34. The average Bonchev–Trinajstić information content (AvgIpc) is 3.37. The predicted octanol–water partition coefficient (Wildman–Crippen LogP) is 0.677. The highest BCUT2D eigenvalue weighted by molar-refractivity contribution is 5.75. The van der Waals surface area contributed by atoms with Crippen molar-refractivity contribution in [3.8, 4) is 0 Å². The minimum atomic E-state index is -0.154. The number of carbonyl (C=O) groups excluding carboxylic acids is 2. The van der Waals surface area contributed by atoms with Crippen LogP contribution in [0.2, 0.25) is 0 Å². The van der Waals surface area contributed by atoms with Crippen LogP contribution in [0.25, 0.3) is 0 Å². The monoisotopic (exact) mass is 284 g/mol. The molecule has 20 heavy (non-hydrogen) atoms. The lowest BCUT2D eigenvalue weighted by molar-refractivity contribution is -0.155. The Morgan fingerprint density at radius 1 is 0.800 bits per heavy atom. The van der Waals surface area contributed by atoms with Crippen LogP contribution in [-0.4, -0.2) is 50.6 Å². The van der Waals surface area contributed by atoms with Crippen LogP contribution in [0.5, 0.6) is 0 Å². The number of epoxide rings is 2. The van der Waals surface area contributed by atoms with Crippen molar-refractivity contribution in [1.29, 1.82) is 0 Å². The Labute approximate surface area is 117 Å². The number of hydrogen-bond donors (Lipinski definition) is 0. The molecule has 1 aliphatic carbocycles. The summed E-state index contributed by atoms with van der Waals surface area (Å²) < 4.78 is 20.4. The summed E-state index contributed by atoms with van der Waals surface area (Å²) in [5.41, 5.74) is 0. The van der Waals surface area contributed by atoms with Gasteiger partial charge in [-0.3, -0.25) is 9.59 Å². The van der Waals surface area contributed by atoms with Crippen molar-refractivity contribution >= 4 is 11.9 Å². The van der Waals surface area contributed by atoms with Crippen LogP contribution >= 0.6 is 0 Å². The SMILES string of the molecule is O=C(OCC1CO1)[C@H]1CC[C@H](C(=O)OCC2CO2)CC1. The Hall–Kier alpha value is -1.14. The van der Waals surface area contributed by atoms with Crippen LogP contribution in [0.4, 0.5) is 0 Å². The second-order valence-corrected chi connectivity index (χ2v) is 5.72. The van der Waals surface area contributed by atoms with Crippen LogP contribution in [0, 0.1) is 11.8 Å². The standard InChI is InChI=1S/C14H20O6/c15-13(19-7-11-5-17-11)9-1-2-10(4-3-9)14(16)20-8-12-6-18-12/h9-12H,1-8H2/t9-,10-,11?,12?. The van der Waals surface area contributed by atoms with Crippen LogP contribution in [-0.2, 0) is 28.5 Å². The molecule has 112 valence electrons. The summed E-state index contributed by atoms with van der Waals surface area (Å²) in [5, 5.41) is 0. The number of ether oxygens (including phenoxy) is 4. The molecule has 0 radical (unpaired) electrons. The molecule has 0 aromatic heterocycles. The summed E-state index contributed by atoms with van der Waals surface area (Å²) in [6, 6.07) is 0. The molecule has 3 rings (SSSR count).